The van der Waals surface area contributed by atoms with Crippen LogP contribution in [0.3, 0.4) is 0 Å². The Labute approximate surface area is 155 Å². The molecule has 1 aromatic heterocycles. The van der Waals surface area contributed by atoms with E-state index in [1.807, 2.05) is 65.5 Å². The fourth-order valence-electron chi connectivity index (χ4n) is 2.74. The Kier molecular flexibility index (Phi) is 4.53. The summed E-state index contributed by atoms with van der Waals surface area (Å²) >= 11 is 1.53. The summed E-state index contributed by atoms with van der Waals surface area (Å²) in [6, 6.07) is 15.8. The summed E-state index contributed by atoms with van der Waals surface area (Å²) in [4.78, 5) is 0. The van der Waals surface area contributed by atoms with E-state index in [0.29, 0.717) is 12.4 Å². The molecule has 1 aliphatic heterocycles. The molecule has 0 fully saturated rings. The molecular formula is C19H18N4O2S. The first kappa shape index (κ1) is 16.5. The molecule has 0 spiro atoms. The van der Waals surface area contributed by atoms with Crippen LogP contribution in [0.2, 0.25) is 0 Å². The number of ether oxygens (including phenoxy) is 2. The smallest absolute Gasteiger partial charge is 0.214 e. The average Bonchev–Trinajstić information content (AvgIpc) is 3.12. The molecule has 3 aromatic rings. The molecule has 0 unspecified atom stereocenters. The summed E-state index contributed by atoms with van der Waals surface area (Å²) < 4.78 is 12.9. The molecule has 0 radical (unpaired) electrons. The number of hydrogen-bond donors (Lipinski definition) is 1. The molecule has 26 heavy (non-hydrogen) atoms. The van der Waals surface area contributed by atoms with Gasteiger partial charge in [-0.2, -0.15) is 0 Å². The van der Waals surface area contributed by atoms with Gasteiger partial charge in [-0.3, -0.25) is 5.43 Å². The van der Waals surface area contributed by atoms with Gasteiger partial charge in [0.25, 0.3) is 0 Å². The van der Waals surface area contributed by atoms with Gasteiger partial charge in [0.15, 0.2) is 5.82 Å². The highest BCUT2D eigenvalue weighted by atomic mass is 32.2. The van der Waals surface area contributed by atoms with Crippen LogP contribution in [0.1, 0.15) is 12.5 Å². The van der Waals surface area contributed by atoms with Gasteiger partial charge in [-0.05, 0) is 43.3 Å². The molecule has 0 atom stereocenters. The molecule has 6 nitrogen and oxygen atoms in total. The fraction of sp³-hybridized carbons (Fsp3) is 0.158. The zero-order valence-electron chi connectivity index (χ0n) is 14.5. The van der Waals surface area contributed by atoms with Gasteiger partial charge in [-0.25, -0.2) is 4.68 Å². The Morgan fingerprint density at radius 3 is 2.65 bits per heavy atom. The lowest BCUT2D eigenvalue weighted by Crippen LogP contribution is -2.18. The van der Waals surface area contributed by atoms with Crippen molar-refractivity contribution in [3.63, 3.8) is 0 Å². The minimum absolute atomic E-state index is 0.655. The first-order valence-electron chi connectivity index (χ1n) is 8.26. The number of rotatable bonds is 5. The predicted molar refractivity (Wildman–Crippen MR) is 103 cm³/mol. The van der Waals surface area contributed by atoms with Gasteiger partial charge in [0.1, 0.15) is 11.5 Å². The minimum Gasteiger partial charge on any atom is -0.496 e. The number of nitrogens with one attached hydrogen (secondary N) is 1. The van der Waals surface area contributed by atoms with Gasteiger partial charge < -0.3 is 9.47 Å². The maximum Gasteiger partial charge on any atom is 0.214 e. The third-order valence-corrected chi connectivity index (χ3v) is 4.80. The molecule has 2 heterocycles. The average molecular weight is 366 g/mol. The molecule has 0 saturated carbocycles. The lowest BCUT2D eigenvalue weighted by atomic mass is 10.1. The number of methoxy groups -OCH3 is 1. The Bertz CT molecular complexity index is 950. The number of hydrogen-bond acceptors (Lipinski definition) is 6. The first-order chi connectivity index (χ1) is 12.8. The van der Waals surface area contributed by atoms with E-state index in [0.717, 1.165) is 33.5 Å². The zero-order valence-corrected chi connectivity index (χ0v) is 15.3. The number of aromatic nitrogens is 3. The van der Waals surface area contributed by atoms with Crippen molar-refractivity contribution in [2.45, 2.75) is 12.1 Å². The summed E-state index contributed by atoms with van der Waals surface area (Å²) in [5, 5.41) is 11.4. The Morgan fingerprint density at radius 1 is 1.08 bits per heavy atom. The summed E-state index contributed by atoms with van der Waals surface area (Å²) in [6.45, 7) is 2.63. The zero-order chi connectivity index (χ0) is 17.9. The molecule has 0 saturated heterocycles. The van der Waals surface area contributed by atoms with E-state index >= 15 is 0 Å². The van der Waals surface area contributed by atoms with Gasteiger partial charge >= 0.3 is 0 Å². The molecule has 0 bridgehead atoms. The van der Waals surface area contributed by atoms with E-state index in [1.165, 1.54) is 11.8 Å². The molecule has 1 N–H and O–H groups in total. The maximum atomic E-state index is 5.51. The van der Waals surface area contributed by atoms with E-state index in [4.69, 9.17) is 9.47 Å². The standard InChI is InChI=1S/C19H18N4O2S/c1-3-25-14-10-8-13(9-11-14)16-12-26-19-21-20-18(23(19)22-16)15-6-4-5-7-17(15)24-2/h4-12,22H,3H2,1-2H3. The lowest BCUT2D eigenvalue weighted by Gasteiger charge is -2.19. The van der Waals surface area contributed by atoms with Crippen molar-refractivity contribution in [1.82, 2.24) is 14.9 Å². The van der Waals surface area contributed by atoms with Crippen molar-refractivity contribution in [2.75, 3.05) is 19.1 Å². The second-order valence-electron chi connectivity index (χ2n) is 5.56. The molecule has 0 amide bonds. The van der Waals surface area contributed by atoms with Crippen LogP contribution in [0.4, 0.5) is 0 Å². The Hall–Kier alpha value is -2.93. The van der Waals surface area contributed by atoms with Crippen molar-refractivity contribution >= 4 is 17.5 Å². The largest absolute Gasteiger partial charge is 0.496 e. The highest BCUT2D eigenvalue weighted by Crippen LogP contribution is 2.34. The second-order valence-corrected chi connectivity index (χ2v) is 6.40. The van der Waals surface area contributed by atoms with Crippen LogP contribution in [-0.2, 0) is 0 Å². The van der Waals surface area contributed by atoms with Crippen LogP contribution in [-0.4, -0.2) is 28.6 Å². The molecule has 0 aliphatic carbocycles. The highest BCUT2D eigenvalue weighted by molar-refractivity contribution is 8.02. The van der Waals surface area contributed by atoms with Crippen LogP contribution in [0.5, 0.6) is 11.5 Å². The number of benzene rings is 2. The minimum atomic E-state index is 0.655. The maximum absolute atomic E-state index is 5.51. The Balaban J connectivity index is 1.65. The Morgan fingerprint density at radius 2 is 1.88 bits per heavy atom. The van der Waals surface area contributed by atoms with Gasteiger partial charge in [-0.1, -0.05) is 23.9 Å². The van der Waals surface area contributed by atoms with Gasteiger partial charge in [0.2, 0.25) is 5.16 Å². The topological polar surface area (TPSA) is 61.2 Å². The van der Waals surface area contributed by atoms with Crippen LogP contribution in [0.25, 0.3) is 17.1 Å². The monoisotopic (exact) mass is 366 g/mol. The highest BCUT2D eigenvalue weighted by Gasteiger charge is 2.21. The van der Waals surface area contributed by atoms with E-state index in [2.05, 4.69) is 15.6 Å². The van der Waals surface area contributed by atoms with Gasteiger partial charge in [-0.15, -0.1) is 10.2 Å². The number of thioether (sulfide) groups is 1. The molecule has 2 aromatic carbocycles. The summed E-state index contributed by atoms with van der Waals surface area (Å²) in [6.07, 6.45) is 0. The van der Waals surface area contributed by atoms with E-state index in [-0.39, 0.29) is 0 Å². The van der Waals surface area contributed by atoms with Gasteiger partial charge in [0.05, 0.1) is 25.0 Å². The molecule has 4 rings (SSSR count). The van der Waals surface area contributed by atoms with E-state index in [9.17, 15) is 0 Å². The normalized spacial score (nSPS) is 12.8. The molecule has 7 heteroatoms. The van der Waals surface area contributed by atoms with Crippen LogP contribution >= 0.6 is 11.8 Å². The molecule has 132 valence electrons. The van der Waals surface area contributed by atoms with Crippen molar-refractivity contribution in [2.24, 2.45) is 0 Å². The van der Waals surface area contributed by atoms with Crippen molar-refractivity contribution in [3.8, 4) is 22.9 Å². The van der Waals surface area contributed by atoms with Crippen molar-refractivity contribution < 1.29 is 9.47 Å². The quantitative estimate of drug-likeness (QED) is 0.736. The van der Waals surface area contributed by atoms with Gasteiger partial charge in [0, 0.05) is 11.0 Å². The van der Waals surface area contributed by atoms with E-state index < -0.39 is 0 Å². The first-order valence-corrected chi connectivity index (χ1v) is 9.14. The lowest BCUT2D eigenvalue weighted by molar-refractivity contribution is 0.340. The number of fused-ring (bicyclic) bond motifs is 1. The van der Waals surface area contributed by atoms with Crippen LogP contribution < -0.4 is 14.9 Å². The third kappa shape index (κ3) is 3.01. The van der Waals surface area contributed by atoms with Crippen LogP contribution in [0.15, 0.2) is 59.1 Å². The summed E-state index contributed by atoms with van der Waals surface area (Å²) in [5.41, 5.74) is 6.32. The summed E-state index contributed by atoms with van der Waals surface area (Å²) in [7, 11) is 1.65. The third-order valence-electron chi connectivity index (χ3n) is 3.97. The van der Waals surface area contributed by atoms with Crippen molar-refractivity contribution in [1.29, 1.82) is 0 Å². The fourth-order valence-corrected chi connectivity index (χ4v) is 3.48. The second kappa shape index (κ2) is 7.13. The SMILES string of the molecule is CCOc1ccc(C2=CSc3nnc(-c4ccccc4OC)n3N2)cc1. The number of para-hydroxylation sites is 1. The molecule has 1 aliphatic rings. The molecular weight excluding hydrogens is 348 g/mol. The predicted octanol–water partition coefficient (Wildman–Crippen LogP) is 4.00. The van der Waals surface area contributed by atoms with E-state index in [1.54, 1.807) is 7.11 Å². The summed E-state index contributed by atoms with van der Waals surface area (Å²) in [5.74, 6) is 2.33. The van der Waals surface area contributed by atoms with Crippen molar-refractivity contribution in [3.05, 3.63) is 59.5 Å². The van der Waals surface area contributed by atoms with Crippen LogP contribution in [0, 0.1) is 0 Å². The number of nitrogens with zero attached hydrogens (tertiary/aromatic N) is 3.